The number of carbonyl (C=O) groups is 1. The molecule has 8 heteroatoms. The van der Waals surface area contributed by atoms with Crippen molar-refractivity contribution in [2.24, 2.45) is 0 Å². The highest BCUT2D eigenvalue weighted by atomic mass is 35.5. The lowest BCUT2D eigenvalue weighted by molar-refractivity contribution is -0.114. The Morgan fingerprint density at radius 3 is 2.73 bits per heavy atom. The standard InChI is InChI=1S/C18H15ClN2O4S/c1-25-17-8-7-16(19)10-13(17)6-9-18(22)21-26(23,24)12-15-5-3-2-4-14(15)11-20/h2-10H,12H2,1H3,(H,21,22). The van der Waals surface area contributed by atoms with Crippen LogP contribution in [0.1, 0.15) is 16.7 Å². The number of rotatable bonds is 6. The predicted molar refractivity (Wildman–Crippen MR) is 99.0 cm³/mol. The quantitative estimate of drug-likeness (QED) is 0.765. The van der Waals surface area contributed by atoms with E-state index in [1.165, 1.54) is 25.3 Å². The van der Waals surface area contributed by atoms with Crippen LogP contribution in [-0.2, 0) is 20.6 Å². The monoisotopic (exact) mass is 390 g/mol. The van der Waals surface area contributed by atoms with Gasteiger partial charge in [-0.25, -0.2) is 13.1 Å². The maximum atomic E-state index is 12.1. The highest BCUT2D eigenvalue weighted by molar-refractivity contribution is 7.89. The number of sulfonamides is 1. The van der Waals surface area contributed by atoms with Crippen molar-refractivity contribution >= 4 is 33.6 Å². The van der Waals surface area contributed by atoms with E-state index in [4.69, 9.17) is 21.6 Å². The Balaban J connectivity index is 2.12. The van der Waals surface area contributed by atoms with Crippen LogP contribution in [0.25, 0.3) is 6.08 Å². The molecule has 2 rings (SSSR count). The largest absolute Gasteiger partial charge is 0.496 e. The Labute approximate surface area is 156 Å². The van der Waals surface area contributed by atoms with Crippen LogP contribution in [0.3, 0.4) is 0 Å². The fraction of sp³-hybridized carbons (Fsp3) is 0.111. The van der Waals surface area contributed by atoms with Crippen molar-refractivity contribution in [1.82, 2.24) is 4.72 Å². The summed E-state index contributed by atoms with van der Waals surface area (Å²) >= 11 is 5.90. The van der Waals surface area contributed by atoms with E-state index in [1.54, 1.807) is 30.3 Å². The molecule has 0 bridgehead atoms. The number of hydrogen-bond acceptors (Lipinski definition) is 5. The van der Waals surface area contributed by atoms with Crippen molar-refractivity contribution in [3.05, 3.63) is 70.3 Å². The molecule has 134 valence electrons. The Bertz CT molecular complexity index is 994. The lowest BCUT2D eigenvalue weighted by atomic mass is 10.1. The Hall–Kier alpha value is -2.82. The van der Waals surface area contributed by atoms with Crippen LogP contribution in [0.2, 0.25) is 5.02 Å². The third-order valence-electron chi connectivity index (χ3n) is 3.35. The molecule has 0 aliphatic carbocycles. The first kappa shape index (κ1) is 19.5. The van der Waals surface area contributed by atoms with Crippen LogP contribution in [0.15, 0.2) is 48.5 Å². The van der Waals surface area contributed by atoms with Crippen molar-refractivity contribution in [1.29, 1.82) is 5.26 Å². The van der Waals surface area contributed by atoms with E-state index < -0.39 is 21.7 Å². The van der Waals surface area contributed by atoms with E-state index in [9.17, 15) is 13.2 Å². The first-order valence-corrected chi connectivity index (χ1v) is 9.42. The topological polar surface area (TPSA) is 96.3 Å². The summed E-state index contributed by atoms with van der Waals surface area (Å²) in [5.74, 6) is -0.803. The smallest absolute Gasteiger partial charge is 0.257 e. The molecule has 0 unspecified atom stereocenters. The molecule has 0 atom stereocenters. The third kappa shape index (κ3) is 5.34. The van der Waals surface area contributed by atoms with Crippen LogP contribution >= 0.6 is 11.6 Å². The van der Waals surface area contributed by atoms with Gasteiger partial charge in [-0.1, -0.05) is 29.8 Å². The number of nitrogens with one attached hydrogen (secondary N) is 1. The number of carbonyl (C=O) groups excluding carboxylic acids is 1. The minimum atomic E-state index is -3.95. The van der Waals surface area contributed by atoms with Gasteiger partial charge < -0.3 is 4.74 Å². The molecule has 0 heterocycles. The molecule has 26 heavy (non-hydrogen) atoms. The van der Waals surface area contributed by atoms with E-state index in [-0.39, 0.29) is 5.56 Å². The van der Waals surface area contributed by atoms with Gasteiger partial charge in [0.05, 0.1) is 24.5 Å². The molecule has 2 aromatic carbocycles. The summed E-state index contributed by atoms with van der Waals surface area (Å²) in [7, 11) is -2.48. The fourth-order valence-corrected chi connectivity index (χ4v) is 3.47. The third-order valence-corrected chi connectivity index (χ3v) is 4.78. The predicted octanol–water partition coefficient (Wildman–Crippen LogP) is 2.88. The summed E-state index contributed by atoms with van der Waals surface area (Å²) in [6.07, 6.45) is 2.47. The Kier molecular flexibility index (Phi) is 6.39. The van der Waals surface area contributed by atoms with E-state index in [1.807, 2.05) is 10.8 Å². The molecule has 0 aromatic heterocycles. The highest BCUT2D eigenvalue weighted by Gasteiger charge is 2.16. The van der Waals surface area contributed by atoms with Gasteiger partial charge in [-0.2, -0.15) is 5.26 Å². The number of ether oxygens (including phenoxy) is 1. The van der Waals surface area contributed by atoms with Gasteiger partial charge in [-0.3, -0.25) is 4.79 Å². The number of halogens is 1. The fourth-order valence-electron chi connectivity index (χ4n) is 2.18. The van der Waals surface area contributed by atoms with Gasteiger partial charge in [0.15, 0.2) is 0 Å². The average molecular weight is 391 g/mol. The summed E-state index contributed by atoms with van der Waals surface area (Å²) in [5, 5.41) is 9.46. The van der Waals surface area contributed by atoms with Crippen molar-refractivity contribution in [2.45, 2.75) is 5.75 Å². The van der Waals surface area contributed by atoms with Gasteiger partial charge in [0, 0.05) is 16.7 Å². The lowest BCUT2D eigenvalue weighted by Crippen LogP contribution is -2.30. The molecule has 6 nitrogen and oxygen atoms in total. The van der Waals surface area contributed by atoms with E-state index >= 15 is 0 Å². The van der Waals surface area contributed by atoms with Gasteiger partial charge in [0.25, 0.3) is 5.91 Å². The SMILES string of the molecule is COc1ccc(Cl)cc1C=CC(=O)NS(=O)(=O)Cc1ccccc1C#N. The summed E-state index contributed by atoms with van der Waals surface area (Å²) in [6, 6.07) is 13.1. The highest BCUT2D eigenvalue weighted by Crippen LogP contribution is 2.23. The summed E-state index contributed by atoms with van der Waals surface area (Å²) in [4.78, 5) is 11.9. The number of hydrogen-bond donors (Lipinski definition) is 1. The molecular formula is C18H15ClN2O4S. The first-order valence-electron chi connectivity index (χ1n) is 7.38. The van der Waals surface area contributed by atoms with Gasteiger partial charge in [0.1, 0.15) is 5.75 Å². The molecule has 0 aliphatic rings. The number of nitrogens with zero attached hydrogens (tertiary/aromatic N) is 1. The van der Waals surface area contributed by atoms with Crippen LogP contribution in [0.5, 0.6) is 5.75 Å². The van der Waals surface area contributed by atoms with Crippen LogP contribution in [-0.4, -0.2) is 21.4 Å². The zero-order chi connectivity index (χ0) is 19.2. The minimum Gasteiger partial charge on any atom is -0.496 e. The van der Waals surface area contributed by atoms with Crippen LogP contribution in [0.4, 0.5) is 0 Å². The molecule has 0 fully saturated rings. The van der Waals surface area contributed by atoms with Crippen LogP contribution in [0, 0.1) is 11.3 Å². The van der Waals surface area contributed by atoms with Gasteiger partial charge >= 0.3 is 0 Å². The molecule has 0 saturated carbocycles. The minimum absolute atomic E-state index is 0.240. The van der Waals surface area contributed by atoms with Crippen LogP contribution < -0.4 is 9.46 Å². The molecule has 0 spiro atoms. The van der Waals surface area contributed by atoms with E-state index in [2.05, 4.69) is 0 Å². The van der Waals surface area contributed by atoms with E-state index in [0.29, 0.717) is 21.9 Å². The zero-order valence-electron chi connectivity index (χ0n) is 13.8. The summed E-state index contributed by atoms with van der Waals surface area (Å²) in [5.41, 5.74) is 1.09. The molecule has 2 aromatic rings. The number of methoxy groups -OCH3 is 1. The maximum Gasteiger partial charge on any atom is 0.257 e. The van der Waals surface area contributed by atoms with Crippen molar-refractivity contribution in [2.75, 3.05) is 7.11 Å². The van der Waals surface area contributed by atoms with Crippen molar-refractivity contribution in [3.8, 4) is 11.8 Å². The van der Waals surface area contributed by atoms with Gasteiger partial charge in [0.2, 0.25) is 10.0 Å². The number of nitriles is 1. The molecule has 1 N–H and O–H groups in total. The molecule has 0 aliphatic heterocycles. The van der Waals surface area contributed by atoms with Crippen molar-refractivity contribution in [3.63, 3.8) is 0 Å². The summed E-state index contributed by atoms with van der Waals surface area (Å²) < 4.78 is 31.4. The van der Waals surface area contributed by atoms with E-state index in [0.717, 1.165) is 6.08 Å². The number of amides is 1. The zero-order valence-corrected chi connectivity index (χ0v) is 15.3. The number of benzene rings is 2. The molecule has 1 amide bonds. The van der Waals surface area contributed by atoms with Gasteiger partial charge in [-0.15, -0.1) is 0 Å². The second kappa shape index (κ2) is 8.52. The normalized spacial score (nSPS) is 11.1. The lowest BCUT2D eigenvalue weighted by Gasteiger charge is -2.07. The summed E-state index contributed by atoms with van der Waals surface area (Å²) in [6.45, 7) is 0. The van der Waals surface area contributed by atoms with Crippen molar-refractivity contribution < 1.29 is 17.9 Å². The second-order valence-electron chi connectivity index (χ2n) is 5.21. The molecule has 0 saturated heterocycles. The molecule has 0 radical (unpaired) electrons. The Morgan fingerprint density at radius 2 is 2.04 bits per heavy atom. The first-order chi connectivity index (χ1) is 12.3. The molecular weight excluding hydrogens is 376 g/mol. The second-order valence-corrected chi connectivity index (χ2v) is 7.37. The van der Waals surface area contributed by atoms with Gasteiger partial charge in [-0.05, 0) is 35.9 Å². The average Bonchev–Trinajstić information content (AvgIpc) is 2.59. The Morgan fingerprint density at radius 1 is 1.31 bits per heavy atom. The maximum absolute atomic E-state index is 12.1.